The molecule has 0 radical (unpaired) electrons. The van der Waals surface area contributed by atoms with Crippen molar-refractivity contribution in [1.29, 1.82) is 0 Å². The molecule has 158 valence electrons. The highest BCUT2D eigenvalue weighted by atomic mass is 16.7. The average molecular weight is 391 g/mol. The number of carbonyl (C=O) groups is 1. The SMILES string of the molecule is CCCCCCc1ccc(C2(O)CCC(OC(=O)OCCCCC)CC2)cc1. The van der Waals surface area contributed by atoms with Crippen molar-refractivity contribution in [3.05, 3.63) is 35.4 Å². The van der Waals surface area contributed by atoms with E-state index in [4.69, 9.17) is 9.47 Å². The van der Waals surface area contributed by atoms with Crippen LogP contribution in [0.3, 0.4) is 0 Å². The van der Waals surface area contributed by atoms with Gasteiger partial charge in [-0.25, -0.2) is 4.79 Å². The zero-order valence-electron chi connectivity index (χ0n) is 17.8. The average Bonchev–Trinajstić information content (AvgIpc) is 2.71. The maximum atomic E-state index is 11.8. The number of hydrogen-bond acceptors (Lipinski definition) is 4. The van der Waals surface area contributed by atoms with Crippen molar-refractivity contribution < 1.29 is 19.4 Å². The number of aliphatic hydroxyl groups is 1. The summed E-state index contributed by atoms with van der Waals surface area (Å²) in [4.78, 5) is 11.8. The maximum Gasteiger partial charge on any atom is 0.508 e. The predicted octanol–water partition coefficient (Wildman–Crippen LogP) is 6.28. The third-order valence-corrected chi connectivity index (χ3v) is 5.80. The van der Waals surface area contributed by atoms with E-state index in [9.17, 15) is 9.90 Å². The number of aryl methyl sites for hydroxylation is 1. The molecule has 0 saturated heterocycles. The predicted molar refractivity (Wildman–Crippen MR) is 112 cm³/mol. The van der Waals surface area contributed by atoms with Gasteiger partial charge in [-0.2, -0.15) is 0 Å². The minimum atomic E-state index is -0.814. The van der Waals surface area contributed by atoms with Gasteiger partial charge in [0.1, 0.15) is 6.10 Å². The van der Waals surface area contributed by atoms with E-state index in [0.29, 0.717) is 32.3 Å². The number of hydrogen-bond donors (Lipinski definition) is 1. The van der Waals surface area contributed by atoms with Crippen molar-refractivity contribution in [2.24, 2.45) is 0 Å². The second kappa shape index (κ2) is 12.1. The summed E-state index contributed by atoms with van der Waals surface area (Å²) in [5.74, 6) is 0. The number of benzene rings is 1. The maximum absolute atomic E-state index is 11.8. The van der Waals surface area contributed by atoms with Crippen molar-refractivity contribution in [3.8, 4) is 0 Å². The standard InChI is InChI=1S/C24H38O4/c1-3-5-7-8-10-20-11-13-21(14-12-20)24(26)17-15-22(16-18-24)28-23(25)27-19-9-6-4-2/h11-14,22,26H,3-10,15-19H2,1-2H3. The number of unbranched alkanes of at least 4 members (excludes halogenated alkanes) is 5. The number of ether oxygens (including phenoxy) is 2. The minimum Gasteiger partial charge on any atom is -0.434 e. The van der Waals surface area contributed by atoms with E-state index in [2.05, 4.69) is 38.1 Å². The molecule has 0 spiro atoms. The van der Waals surface area contributed by atoms with Crippen molar-refractivity contribution in [2.45, 2.75) is 103 Å². The summed E-state index contributed by atoms with van der Waals surface area (Å²) in [6.07, 6.45) is 11.0. The topological polar surface area (TPSA) is 55.8 Å². The second-order valence-electron chi connectivity index (χ2n) is 8.16. The zero-order chi connectivity index (χ0) is 20.2. The van der Waals surface area contributed by atoms with Gasteiger partial charge in [-0.3, -0.25) is 0 Å². The smallest absolute Gasteiger partial charge is 0.434 e. The van der Waals surface area contributed by atoms with Crippen LogP contribution in [0.25, 0.3) is 0 Å². The molecular weight excluding hydrogens is 352 g/mol. The first-order chi connectivity index (χ1) is 13.6. The fourth-order valence-corrected chi connectivity index (χ4v) is 3.89. The van der Waals surface area contributed by atoms with Crippen LogP contribution < -0.4 is 0 Å². The van der Waals surface area contributed by atoms with Crippen molar-refractivity contribution in [2.75, 3.05) is 6.61 Å². The number of rotatable bonds is 11. The Balaban J connectivity index is 1.75. The van der Waals surface area contributed by atoms with Crippen LogP contribution in [0.4, 0.5) is 4.79 Å². The molecule has 1 aromatic carbocycles. The molecule has 4 nitrogen and oxygen atoms in total. The van der Waals surface area contributed by atoms with Crippen molar-refractivity contribution >= 4 is 6.16 Å². The van der Waals surface area contributed by atoms with E-state index < -0.39 is 11.8 Å². The van der Waals surface area contributed by atoms with E-state index in [1.54, 1.807) is 0 Å². The minimum absolute atomic E-state index is 0.156. The Bertz CT molecular complexity index is 558. The van der Waals surface area contributed by atoms with Gasteiger partial charge >= 0.3 is 6.16 Å². The molecule has 0 atom stereocenters. The molecule has 4 heteroatoms. The molecule has 1 fully saturated rings. The molecule has 0 heterocycles. The summed E-state index contributed by atoms with van der Waals surface area (Å²) < 4.78 is 10.5. The van der Waals surface area contributed by atoms with Gasteiger partial charge in [-0.1, -0.05) is 70.2 Å². The van der Waals surface area contributed by atoms with E-state index in [1.807, 2.05) is 0 Å². The molecule has 0 amide bonds. The lowest BCUT2D eigenvalue weighted by atomic mass is 9.78. The molecule has 28 heavy (non-hydrogen) atoms. The fourth-order valence-electron chi connectivity index (χ4n) is 3.89. The van der Waals surface area contributed by atoms with Crippen LogP contribution in [0, 0.1) is 0 Å². The lowest BCUT2D eigenvalue weighted by Crippen LogP contribution is -2.35. The summed E-state index contributed by atoms with van der Waals surface area (Å²) in [7, 11) is 0. The molecule has 0 unspecified atom stereocenters. The fraction of sp³-hybridized carbons (Fsp3) is 0.708. The molecule has 2 rings (SSSR count). The van der Waals surface area contributed by atoms with Crippen LogP contribution in [0.15, 0.2) is 24.3 Å². The molecule has 1 aliphatic rings. The monoisotopic (exact) mass is 390 g/mol. The summed E-state index contributed by atoms with van der Waals surface area (Å²) in [5.41, 5.74) is 1.50. The number of carbonyl (C=O) groups excluding carboxylic acids is 1. The third kappa shape index (κ3) is 7.46. The molecular formula is C24H38O4. The van der Waals surface area contributed by atoms with Crippen LogP contribution in [0.1, 0.15) is 95.6 Å². The molecule has 1 saturated carbocycles. The highest BCUT2D eigenvalue weighted by Crippen LogP contribution is 2.38. The van der Waals surface area contributed by atoms with Crippen LogP contribution in [0.2, 0.25) is 0 Å². The van der Waals surface area contributed by atoms with Gasteiger partial charge in [0.15, 0.2) is 0 Å². The largest absolute Gasteiger partial charge is 0.508 e. The molecule has 0 aromatic heterocycles. The summed E-state index contributed by atoms with van der Waals surface area (Å²) in [5, 5.41) is 11.1. The van der Waals surface area contributed by atoms with Crippen LogP contribution in [-0.4, -0.2) is 24.0 Å². The lowest BCUT2D eigenvalue weighted by Gasteiger charge is -2.36. The highest BCUT2D eigenvalue weighted by Gasteiger charge is 2.36. The molecule has 0 aliphatic heterocycles. The van der Waals surface area contributed by atoms with Crippen molar-refractivity contribution in [3.63, 3.8) is 0 Å². The zero-order valence-corrected chi connectivity index (χ0v) is 17.8. The van der Waals surface area contributed by atoms with Crippen LogP contribution >= 0.6 is 0 Å². The van der Waals surface area contributed by atoms with Gasteiger partial charge in [-0.05, 0) is 56.1 Å². The highest BCUT2D eigenvalue weighted by molar-refractivity contribution is 5.60. The van der Waals surface area contributed by atoms with Gasteiger partial charge < -0.3 is 14.6 Å². The Kier molecular flexibility index (Phi) is 9.83. The van der Waals surface area contributed by atoms with E-state index >= 15 is 0 Å². The Morgan fingerprint density at radius 3 is 2.29 bits per heavy atom. The Morgan fingerprint density at radius 1 is 1.00 bits per heavy atom. The third-order valence-electron chi connectivity index (χ3n) is 5.80. The molecule has 0 bridgehead atoms. The summed E-state index contributed by atoms with van der Waals surface area (Å²) in [6.45, 7) is 4.77. The second-order valence-corrected chi connectivity index (χ2v) is 8.16. The van der Waals surface area contributed by atoms with E-state index in [0.717, 1.165) is 31.2 Å². The first-order valence-corrected chi connectivity index (χ1v) is 11.2. The van der Waals surface area contributed by atoms with Crippen LogP contribution in [-0.2, 0) is 21.5 Å². The van der Waals surface area contributed by atoms with Gasteiger partial charge in [0, 0.05) is 0 Å². The Morgan fingerprint density at radius 2 is 1.64 bits per heavy atom. The van der Waals surface area contributed by atoms with Crippen molar-refractivity contribution in [1.82, 2.24) is 0 Å². The van der Waals surface area contributed by atoms with Crippen LogP contribution in [0.5, 0.6) is 0 Å². The van der Waals surface area contributed by atoms with Gasteiger partial charge in [0.2, 0.25) is 0 Å². The lowest BCUT2D eigenvalue weighted by molar-refractivity contribution is -0.0538. The van der Waals surface area contributed by atoms with E-state index in [1.165, 1.54) is 31.2 Å². The summed E-state index contributed by atoms with van der Waals surface area (Å²) >= 11 is 0. The summed E-state index contributed by atoms with van der Waals surface area (Å²) in [6, 6.07) is 8.43. The Labute approximate surface area is 170 Å². The molecule has 1 N–H and O–H groups in total. The van der Waals surface area contributed by atoms with Gasteiger partial charge in [-0.15, -0.1) is 0 Å². The first kappa shape index (κ1) is 22.7. The molecule has 1 aromatic rings. The van der Waals surface area contributed by atoms with Gasteiger partial charge in [0.25, 0.3) is 0 Å². The quantitative estimate of drug-likeness (QED) is 0.357. The molecule has 1 aliphatic carbocycles. The first-order valence-electron chi connectivity index (χ1n) is 11.2. The van der Waals surface area contributed by atoms with Gasteiger partial charge in [0.05, 0.1) is 12.2 Å². The normalized spacial score (nSPS) is 22.0. The Hall–Kier alpha value is -1.55. The van der Waals surface area contributed by atoms with E-state index in [-0.39, 0.29) is 6.10 Å².